The van der Waals surface area contributed by atoms with Crippen LogP contribution in [0.15, 0.2) is 18.2 Å². The van der Waals surface area contributed by atoms with E-state index in [1.807, 2.05) is 18.2 Å². The molecule has 1 fully saturated rings. The van der Waals surface area contributed by atoms with Crippen molar-refractivity contribution >= 4 is 23.2 Å². The lowest BCUT2D eigenvalue weighted by molar-refractivity contribution is 0.221. The van der Waals surface area contributed by atoms with Crippen molar-refractivity contribution in [1.29, 1.82) is 0 Å². The molecule has 0 spiro atoms. The van der Waals surface area contributed by atoms with Gasteiger partial charge in [0.1, 0.15) is 0 Å². The first-order valence-electron chi connectivity index (χ1n) is 5.42. The summed E-state index contributed by atoms with van der Waals surface area (Å²) in [4.78, 5) is 2.43. The smallest absolute Gasteiger partial charge is 0.0465 e. The maximum Gasteiger partial charge on any atom is 0.0465 e. The third-order valence-corrected chi connectivity index (χ3v) is 3.60. The number of halogens is 2. The summed E-state index contributed by atoms with van der Waals surface area (Å²) in [5, 5.41) is 1.57. The second-order valence-electron chi connectivity index (χ2n) is 4.04. The average Bonchev–Trinajstić information content (AvgIpc) is 2.25. The normalized spacial score (nSPS) is 18.0. The van der Waals surface area contributed by atoms with Crippen molar-refractivity contribution in [2.75, 3.05) is 13.1 Å². The molecule has 3 heteroatoms. The van der Waals surface area contributed by atoms with Crippen molar-refractivity contribution in [1.82, 2.24) is 4.90 Å². The van der Waals surface area contributed by atoms with E-state index in [4.69, 9.17) is 23.2 Å². The number of nitrogens with zero attached hydrogens (tertiary/aromatic N) is 1. The zero-order valence-electron chi connectivity index (χ0n) is 8.68. The molecular weight excluding hydrogens is 229 g/mol. The van der Waals surface area contributed by atoms with Gasteiger partial charge in [-0.05, 0) is 38.1 Å². The van der Waals surface area contributed by atoms with Gasteiger partial charge in [-0.25, -0.2) is 0 Å². The van der Waals surface area contributed by atoms with Gasteiger partial charge in [-0.15, -0.1) is 0 Å². The van der Waals surface area contributed by atoms with Crippen LogP contribution in [0.2, 0.25) is 10.0 Å². The molecule has 1 saturated heterocycles. The van der Waals surface area contributed by atoms with Gasteiger partial charge in [0.25, 0.3) is 0 Å². The molecule has 0 N–H and O–H groups in total. The number of hydrogen-bond acceptors (Lipinski definition) is 1. The number of likely N-dealkylation sites (tertiary alicyclic amines) is 1. The van der Waals surface area contributed by atoms with E-state index < -0.39 is 0 Å². The predicted molar refractivity (Wildman–Crippen MR) is 65.6 cm³/mol. The molecule has 1 aromatic carbocycles. The van der Waals surface area contributed by atoms with Crippen LogP contribution in [0.4, 0.5) is 0 Å². The van der Waals surface area contributed by atoms with Gasteiger partial charge < -0.3 is 0 Å². The molecule has 0 aromatic heterocycles. The Morgan fingerprint density at radius 1 is 1.00 bits per heavy atom. The fraction of sp³-hybridized carbons (Fsp3) is 0.500. The van der Waals surface area contributed by atoms with Gasteiger partial charge in [0.2, 0.25) is 0 Å². The second kappa shape index (κ2) is 5.20. The maximum atomic E-state index is 6.14. The SMILES string of the molecule is Clc1cccc(Cl)c1CN1CCCCC1. The van der Waals surface area contributed by atoms with Gasteiger partial charge in [0.05, 0.1) is 0 Å². The molecule has 1 aliphatic heterocycles. The second-order valence-corrected chi connectivity index (χ2v) is 4.85. The number of rotatable bonds is 2. The van der Waals surface area contributed by atoms with E-state index in [0.29, 0.717) is 0 Å². The van der Waals surface area contributed by atoms with Gasteiger partial charge in [-0.2, -0.15) is 0 Å². The predicted octanol–water partition coefficient (Wildman–Crippen LogP) is 3.98. The Balaban J connectivity index is 2.09. The van der Waals surface area contributed by atoms with Crippen molar-refractivity contribution in [3.8, 4) is 0 Å². The molecule has 0 radical (unpaired) electrons. The first-order chi connectivity index (χ1) is 7.27. The largest absolute Gasteiger partial charge is 0.299 e. The Hall–Kier alpha value is -0.240. The molecule has 15 heavy (non-hydrogen) atoms. The Morgan fingerprint density at radius 2 is 1.60 bits per heavy atom. The molecular formula is C12H15Cl2N. The molecule has 0 amide bonds. The van der Waals surface area contributed by atoms with Crippen molar-refractivity contribution in [3.05, 3.63) is 33.8 Å². The molecule has 0 atom stereocenters. The van der Waals surface area contributed by atoms with E-state index in [2.05, 4.69) is 4.90 Å². The fourth-order valence-electron chi connectivity index (χ4n) is 2.02. The van der Waals surface area contributed by atoms with Crippen LogP contribution in [-0.4, -0.2) is 18.0 Å². The molecule has 0 aliphatic carbocycles. The van der Waals surface area contributed by atoms with E-state index in [1.165, 1.54) is 32.4 Å². The summed E-state index contributed by atoms with van der Waals surface area (Å²) < 4.78 is 0. The van der Waals surface area contributed by atoms with E-state index >= 15 is 0 Å². The van der Waals surface area contributed by atoms with Crippen LogP contribution in [0.5, 0.6) is 0 Å². The van der Waals surface area contributed by atoms with Gasteiger partial charge in [-0.1, -0.05) is 35.7 Å². The standard InChI is InChI=1S/C12H15Cl2N/c13-11-5-4-6-12(14)10(11)9-15-7-2-1-3-8-15/h4-6H,1-3,7-9H2. The monoisotopic (exact) mass is 243 g/mol. The summed E-state index contributed by atoms with van der Waals surface area (Å²) in [5.41, 5.74) is 1.07. The lowest BCUT2D eigenvalue weighted by Gasteiger charge is -2.27. The Bertz CT molecular complexity index is 312. The highest BCUT2D eigenvalue weighted by Crippen LogP contribution is 2.26. The molecule has 1 aromatic rings. The van der Waals surface area contributed by atoms with E-state index in [1.54, 1.807) is 0 Å². The highest BCUT2D eigenvalue weighted by molar-refractivity contribution is 6.35. The molecule has 1 heterocycles. The highest BCUT2D eigenvalue weighted by atomic mass is 35.5. The van der Waals surface area contributed by atoms with E-state index in [9.17, 15) is 0 Å². The van der Waals surface area contributed by atoms with Crippen LogP contribution >= 0.6 is 23.2 Å². The van der Waals surface area contributed by atoms with Gasteiger partial charge in [0, 0.05) is 22.2 Å². The quantitative estimate of drug-likeness (QED) is 0.760. The van der Waals surface area contributed by atoms with Crippen LogP contribution in [0.3, 0.4) is 0 Å². The van der Waals surface area contributed by atoms with Crippen molar-refractivity contribution < 1.29 is 0 Å². The lowest BCUT2D eigenvalue weighted by Crippen LogP contribution is -2.29. The van der Waals surface area contributed by atoms with Crippen molar-refractivity contribution in [2.45, 2.75) is 25.8 Å². The van der Waals surface area contributed by atoms with E-state index in [0.717, 1.165) is 22.2 Å². The Morgan fingerprint density at radius 3 is 2.20 bits per heavy atom. The zero-order chi connectivity index (χ0) is 10.7. The molecule has 2 rings (SSSR count). The minimum atomic E-state index is 0.785. The summed E-state index contributed by atoms with van der Waals surface area (Å²) >= 11 is 12.3. The van der Waals surface area contributed by atoms with Crippen LogP contribution in [0, 0.1) is 0 Å². The fourth-order valence-corrected chi connectivity index (χ4v) is 2.54. The summed E-state index contributed by atoms with van der Waals surface area (Å²) in [6.07, 6.45) is 3.94. The summed E-state index contributed by atoms with van der Waals surface area (Å²) in [6, 6.07) is 5.71. The molecule has 0 saturated carbocycles. The topological polar surface area (TPSA) is 3.24 Å². The summed E-state index contributed by atoms with van der Waals surface area (Å²) in [7, 11) is 0. The van der Waals surface area contributed by atoms with Crippen LogP contribution < -0.4 is 0 Å². The van der Waals surface area contributed by atoms with E-state index in [-0.39, 0.29) is 0 Å². The minimum absolute atomic E-state index is 0.785. The van der Waals surface area contributed by atoms with Gasteiger partial charge in [0.15, 0.2) is 0 Å². The minimum Gasteiger partial charge on any atom is -0.299 e. The first-order valence-corrected chi connectivity index (χ1v) is 6.18. The molecule has 1 nitrogen and oxygen atoms in total. The highest BCUT2D eigenvalue weighted by Gasteiger charge is 2.13. The number of hydrogen-bond donors (Lipinski definition) is 0. The van der Waals surface area contributed by atoms with Crippen molar-refractivity contribution in [2.24, 2.45) is 0 Å². The third-order valence-electron chi connectivity index (χ3n) is 2.89. The van der Waals surface area contributed by atoms with Crippen LogP contribution in [0.1, 0.15) is 24.8 Å². The number of benzene rings is 1. The van der Waals surface area contributed by atoms with Gasteiger partial charge >= 0.3 is 0 Å². The van der Waals surface area contributed by atoms with Crippen LogP contribution in [-0.2, 0) is 6.54 Å². The Kier molecular flexibility index (Phi) is 3.90. The lowest BCUT2D eigenvalue weighted by atomic mass is 10.1. The number of piperidine rings is 1. The summed E-state index contributed by atoms with van der Waals surface area (Å²) in [6.45, 7) is 3.22. The molecule has 0 bridgehead atoms. The van der Waals surface area contributed by atoms with Crippen molar-refractivity contribution in [3.63, 3.8) is 0 Å². The third kappa shape index (κ3) is 2.87. The Labute approximate surface area is 101 Å². The van der Waals surface area contributed by atoms with Crippen LogP contribution in [0.25, 0.3) is 0 Å². The molecule has 1 aliphatic rings. The average molecular weight is 244 g/mol. The maximum absolute atomic E-state index is 6.14. The summed E-state index contributed by atoms with van der Waals surface area (Å²) in [5.74, 6) is 0. The van der Waals surface area contributed by atoms with Gasteiger partial charge in [-0.3, -0.25) is 4.90 Å². The first kappa shape index (κ1) is 11.3. The molecule has 0 unspecified atom stereocenters. The zero-order valence-corrected chi connectivity index (χ0v) is 10.2. The molecule has 82 valence electrons.